The number of hydrogen-bond acceptors (Lipinski definition) is 6. The second-order valence-electron chi connectivity index (χ2n) is 5.30. The summed E-state index contributed by atoms with van der Waals surface area (Å²) in [6, 6.07) is 2.51. The van der Waals surface area contributed by atoms with Crippen molar-refractivity contribution in [3.63, 3.8) is 0 Å². The van der Waals surface area contributed by atoms with Gasteiger partial charge in [-0.2, -0.15) is 5.10 Å². The number of hydrogen-bond donors (Lipinski definition) is 3. The number of nitrogens with one attached hydrogen (secondary N) is 2. The summed E-state index contributed by atoms with van der Waals surface area (Å²) in [6.45, 7) is 1.66. The van der Waals surface area contributed by atoms with Crippen LogP contribution in [0.15, 0.2) is 43.3 Å². The zero-order valence-corrected chi connectivity index (χ0v) is 12.3. The third kappa shape index (κ3) is 2.88. The van der Waals surface area contributed by atoms with Gasteiger partial charge in [-0.3, -0.25) is 5.01 Å². The van der Waals surface area contributed by atoms with Gasteiger partial charge in [0.25, 0.3) is 0 Å². The lowest BCUT2D eigenvalue weighted by Gasteiger charge is -2.39. The monoisotopic (exact) mass is 322 g/mol. The Balaban J connectivity index is 2.02. The van der Waals surface area contributed by atoms with Crippen molar-refractivity contribution < 1.29 is 13.9 Å². The topological polar surface area (TPSA) is 78.2 Å². The zero-order valence-electron chi connectivity index (χ0n) is 12.3. The first kappa shape index (κ1) is 15.4. The summed E-state index contributed by atoms with van der Waals surface area (Å²) in [5.74, 6) is -1.53. The first-order valence-electron chi connectivity index (χ1n) is 6.97. The van der Waals surface area contributed by atoms with Crippen LogP contribution in [-0.2, 0) is 12.1 Å². The van der Waals surface area contributed by atoms with Crippen molar-refractivity contribution in [1.82, 2.24) is 30.7 Å². The molecule has 2 heterocycles. The Morgan fingerprint density at radius 1 is 1.39 bits per heavy atom. The summed E-state index contributed by atoms with van der Waals surface area (Å²) in [7, 11) is 0. The average molecular weight is 322 g/mol. The summed E-state index contributed by atoms with van der Waals surface area (Å²) >= 11 is 0. The molecule has 0 amide bonds. The van der Waals surface area contributed by atoms with Gasteiger partial charge in [0.15, 0.2) is 0 Å². The Morgan fingerprint density at radius 2 is 2.22 bits per heavy atom. The van der Waals surface area contributed by atoms with Gasteiger partial charge < -0.3 is 10.5 Å². The molecule has 7 nitrogen and oxygen atoms in total. The van der Waals surface area contributed by atoms with Crippen LogP contribution < -0.4 is 11.0 Å². The standard InChI is InChI=1S/C14H16F2N6O/c1-10(22-5-4-18-20-22)14(23,7-21-9-17-8-19-21)12-3-2-11(15)6-13(12)16/h2-6,8-10,18,20,23H,7H2,1H3/t10-,14-/m1/s1. The Kier molecular flexibility index (Phi) is 3.97. The Morgan fingerprint density at radius 3 is 2.83 bits per heavy atom. The molecule has 0 aliphatic carbocycles. The molecule has 23 heavy (non-hydrogen) atoms. The van der Waals surface area contributed by atoms with E-state index in [2.05, 4.69) is 21.0 Å². The summed E-state index contributed by atoms with van der Waals surface area (Å²) in [5, 5.41) is 16.8. The van der Waals surface area contributed by atoms with Gasteiger partial charge in [0.2, 0.25) is 0 Å². The molecule has 9 heteroatoms. The van der Waals surface area contributed by atoms with Crippen molar-refractivity contribution >= 4 is 0 Å². The zero-order chi connectivity index (χ0) is 16.4. The van der Waals surface area contributed by atoms with Crippen LogP contribution in [0.1, 0.15) is 12.5 Å². The number of rotatable bonds is 5. The van der Waals surface area contributed by atoms with Crippen LogP contribution in [0.5, 0.6) is 0 Å². The van der Waals surface area contributed by atoms with E-state index in [0.29, 0.717) is 0 Å². The molecule has 0 spiro atoms. The molecule has 0 saturated carbocycles. The van der Waals surface area contributed by atoms with Crippen LogP contribution in [0.4, 0.5) is 8.78 Å². The second-order valence-corrected chi connectivity index (χ2v) is 5.30. The SMILES string of the molecule is C[C@@H](N1C=CNN1)[C@](O)(Cn1cncn1)c1ccc(F)cc1F. The van der Waals surface area contributed by atoms with Crippen molar-refractivity contribution in [2.24, 2.45) is 0 Å². The maximum Gasteiger partial charge on any atom is 0.137 e. The number of nitrogens with zero attached hydrogens (tertiary/aromatic N) is 4. The van der Waals surface area contributed by atoms with Gasteiger partial charge in [-0.05, 0) is 13.0 Å². The molecule has 1 aliphatic heterocycles. The molecule has 0 bridgehead atoms. The first-order valence-corrected chi connectivity index (χ1v) is 6.97. The van der Waals surface area contributed by atoms with E-state index < -0.39 is 23.3 Å². The third-order valence-electron chi connectivity index (χ3n) is 3.89. The van der Waals surface area contributed by atoms with Gasteiger partial charge in [-0.25, -0.2) is 18.4 Å². The quantitative estimate of drug-likeness (QED) is 0.749. The van der Waals surface area contributed by atoms with E-state index in [0.717, 1.165) is 12.1 Å². The molecule has 1 aromatic carbocycles. The van der Waals surface area contributed by atoms with Crippen molar-refractivity contribution in [1.29, 1.82) is 0 Å². The normalized spacial score (nSPS) is 17.8. The van der Waals surface area contributed by atoms with E-state index in [1.807, 2.05) is 0 Å². The number of aliphatic hydroxyl groups is 1. The van der Waals surface area contributed by atoms with E-state index in [1.165, 1.54) is 23.4 Å². The van der Waals surface area contributed by atoms with Gasteiger partial charge in [-0.1, -0.05) is 6.07 Å². The van der Waals surface area contributed by atoms with E-state index in [1.54, 1.807) is 24.3 Å². The predicted molar refractivity (Wildman–Crippen MR) is 77.0 cm³/mol. The molecule has 0 saturated heterocycles. The van der Waals surface area contributed by atoms with Crippen molar-refractivity contribution in [3.05, 3.63) is 60.5 Å². The van der Waals surface area contributed by atoms with Gasteiger partial charge >= 0.3 is 0 Å². The van der Waals surface area contributed by atoms with Gasteiger partial charge in [0, 0.05) is 24.0 Å². The van der Waals surface area contributed by atoms with Crippen LogP contribution in [0.25, 0.3) is 0 Å². The Labute approximate surface area is 131 Å². The molecule has 2 aromatic rings. The number of halogens is 2. The van der Waals surface area contributed by atoms with E-state index in [-0.39, 0.29) is 12.1 Å². The second kappa shape index (κ2) is 5.94. The molecule has 1 aromatic heterocycles. The number of benzene rings is 1. The number of hydrazine groups is 2. The molecule has 0 unspecified atom stereocenters. The van der Waals surface area contributed by atoms with Gasteiger partial charge in [0.1, 0.15) is 29.9 Å². The lowest BCUT2D eigenvalue weighted by Crippen LogP contribution is -2.54. The van der Waals surface area contributed by atoms with E-state index in [9.17, 15) is 13.9 Å². The van der Waals surface area contributed by atoms with Crippen LogP contribution in [0.3, 0.4) is 0 Å². The molecular weight excluding hydrogens is 306 g/mol. The van der Waals surface area contributed by atoms with Crippen LogP contribution >= 0.6 is 0 Å². The highest BCUT2D eigenvalue weighted by Gasteiger charge is 2.42. The fraction of sp³-hybridized carbons (Fsp3) is 0.286. The maximum atomic E-state index is 14.3. The molecular formula is C14H16F2N6O. The molecule has 122 valence electrons. The average Bonchev–Trinajstić information content (AvgIpc) is 3.19. The predicted octanol–water partition coefficient (Wildman–Crippen LogP) is 0.629. The molecule has 0 fully saturated rings. The van der Waals surface area contributed by atoms with E-state index in [4.69, 9.17) is 0 Å². The number of aromatic nitrogens is 3. The fourth-order valence-electron chi connectivity index (χ4n) is 2.57. The smallest absolute Gasteiger partial charge is 0.137 e. The summed E-state index contributed by atoms with van der Waals surface area (Å²) < 4.78 is 28.9. The Bertz CT molecular complexity index is 707. The minimum absolute atomic E-state index is 0.0241. The minimum atomic E-state index is -1.69. The highest BCUT2D eigenvalue weighted by molar-refractivity contribution is 5.27. The summed E-state index contributed by atoms with van der Waals surface area (Å²) in [6.07, 6.45) is 6.04. The molecule has 3 rings (SSSR count). The summed E-state index contributed by atoms with van der Waals surface area (Å²) in [5.41, 5.74) is 3.86. The van der Waals surface area contributed by atoms with Crippen LogP contribution in [0, 0.1) is 11.6 Å². The fourth-order valence-corrected chi connectivity index (χ4v) is 2.57. The Hall–Kier alpha value is -2.52. The lowest BCUT2D eigenvalue weighted by molar-refractivity contribution is -0.0629. The molecule has 1 aliphatic rings. The molecule has 2 atom stereocenters. The van der Waals surface area contributed by atoms with Crippen LogP contribution in [-0.4, -0.2) is 30.9 Å². The lowest BCUT2D eigenvalue weighted by atomic mass is 9.86. The largest absolute Gasteiger partial charge is 0.381 e. The summed E-state index contributed by atoms with van der Waals surface area (Å²) in [4.78, 5) is 3.82. The van der Waals surface area contributed by atoms with Gasteiger partial charge in [-0.15, -0.1) is 5.53 Å². The van der Waals surface area contributed by atoms with E-state index >= 15 is 0 Å². The van der Waals surface area contributed by atoms with Crippen LogP contribution in [0.2, 0.25) is 0 Å². The first-order chi connectivity index (χ1) is 11.0. The molecule has 3 N–H and O–H groups in total. The maximum absolute atomic E-state index is 14.3. The van der Waals surface area contributed by atoms with Gasteiger partial charge in [0.05, 0.1) is 12.6 Å². The highest BCUT2D eigenvalue weighted by Crippen LogP contribution is 2.32. The van der Waals surface area contributed by atoms with Crippen molar-refractivity contribution in [3.8, 4) is 0 Å². The van der Waals surface area contributed by atoms with Crippen molar-refractivity contribution in [2.45, 2.75) is 25.1 Å². The highest BCUT2D eigenvalue weighted by atomic mass is 19.1. The third-order valence-corrected chi connectivity index (χ3v) is 3.89. The molecule has 0 radical (unpaired) electrons. The van der Waals surface area contributed by atoms with Crippen molar-refractivity contribution in [2.75, 3.05) is 0 Å². The minimum Gasteiger partial charge on any atom is -0.381 e.